The van der Waals surface area contributed by atoms with Crippen molar-refractivity contribution >= 4 is 17.3 Å². The predicted octanol–water partition coefficient (Wildman–Crippen LogP) is 3.15. The molecule has 0 spiro atoms. The lowest BCUT2D eigenvalue weighted by atomic mass is 10.0. The molecule has 28 heavy (non-hydrogen) atoms. The molecule has 1 fully saturated rings. The molecule has 1 N–H and O–H groups in total. The first-order valence-corrected chi connectivity index (χ1v) is 10.5. The molecule has 6 nitrogen and oxygen atoms in total. The normalized spacial score (nSPS) is 15.5. The van der Waals surface area contributed by atoms with Gasteiger partial charge in [0.15, 0.2) is 0 Å². The first-order valence-electron chi connectivity index (χ1n) is 9.59. The number of hydrogen-bond acceptors (Lipinski definition) is 7. The fraction of sp³-hybridized carbons (Fsp3) is 0.381. The Balaban J connectivity index is 1.44. The third-order valence-electron chi connectivity index (χ3n) is 4.94. The predicted molar refractivity (Wildman–Crippen MR) is 112 cm³/mol. The Morgan fingerprint density at radius 2 is 1.96 bits per heavy atom. The Morgan fingerprint density at radius 1 is 1.14 bits per heavy atom. The number of pyridine rings is 1. The number of ether oxygens (including phenoxy) is 1. The van der Waals surface area contributed by atoms with Crippen molar-refractivity contribution in [3.05, 3.63) is 69.9 Å². The summed E-state index contributed by atoms with van der Waals surface area (Å²) >= 11 is 1.73. The van der Waals surface area contributed by atoms with Crippen molar-refractivity contribution in [1.29, 1.82) is 0 Å². The van der Waals surface area contributed by atoms with Gasteiger partial charge in [-0.05, 0) is 47.4 Å². The van der Waals surface area contributed by atoms with E-state index in [1.807, 2.05) is 24.7 Å². The molecule has 7 heteroatoms. The van der Waals surface area contributed by atoms with Crippen LogP contribution in [0, 0.1) is 6.92 Å². The maximum atomic E-state index is 5.39. The molecule has 3 aromatic rings. The summed E-state index contributed by atoms with van der Waals surface area (Å²) in [5.41, 5.74) is 4.70. The summed E-state index contributed by atoms with van der Waals surface area (Å²) in [5.74, 6) is 0.780. The highest BCUT2D eigenvalue weighted by molar-refractivity contribution is 7.07. The molecule has 0 aromatic carbocycles. The van der Waals surface area contributed by atoms with Gasteiger partial charge in [-0.1, -0.05) is 6.07 Å². The fourth-order valence-corrected chi connectivity index (χ4v) is 4.06. The second-order valence-electron chi connectivity index (χ2n) is 6.97. The van der Waals surface area contributed by atoms with E-state index < -0.39 is 0 Å². The van der Waals surface area contributed by atoms with Crippen LogP contribution in [-0.4, -0.2) is 41.3 Å². The topological polar surface area (TPSA) is 63.2 Å². The summed E-state index contributed by atoms with van der Waals surface area (Å²) in [6.07, 6.45) is 6.61. The molecule has 3 aromatic heterocycles. The summed E-state index contributed by atoms with van der Waals surface area (Å²) in [6, 6.07) is 6.43. The van der Waals surface area contributed by atoms with Crippen LogP contribution in [0.3, 0.4) is 0 Å². The second-order valence-corrected chi connectivity index (χ2v) is 7.75. The van der Waals surface area contributed by atoms with Crippen LogP contribution in [0.25, 0.3) is 0 Å². The van der Waals surface area contributed by atoms with Crippen molar-refractivity contribution in [2.45, 2.75) is 25.9 Å². The lowest BCUT2D eigenvalue weighted by Gasteiger charge is -2.26. The van der Waals surface area contributed by atoms with E-state index in [9.17, 15) is 0 Å². The Hall–Kier alpha value is -2.35. The van der Waals surface area contributed by atoms with Crippen molar-refractivity contribution in [1.82, 2.24) is 20.3 Å². The number of rotatable bonds is 7. The van der Waals surface area contributed by atoms with Crippen molar-refractivity contribution in [3.8, 4) is 0 Å². The van der Waals surface area contributed by atoms with E-state index in [4.69, 9.17) is 4.74 Å². The van der Waals surface area contributed by atoms with E-state index in [0.29, 0.717) is 6.54 Å². The van der Waals surface area contributed by atoms with Crippen LogP contribution in [0.4, 0.5) is 5.95 Å². The highest BCUT2D eigenvalue weighted by Crippen LogP contribution is 2.21. The van der Waals surface area contributed by atoms with E-state index in [1.165, 1.54) is 11.1 Å². The summed E-state index contributed by atoms with van der Waals surface area (Å²) in [6.45, 7) is 5.98. The van der Waals surface area contributed by atoms with Crippen molar-refractivity contribution in [3.63, 3.8) is 0 Å². The lowest BCUT2D eigenvalue weighted by molar-refractivity contribution is 0.122. The van der Waals surface area contributed by atoms with E-state index in [0.717, 1.165) is 49.9 Å². The minimum Gasteiger partial charge on any atom is -0.378 e. The molecular weight excluding hydrogens is 370 g/mol. The number of nitrogens with zero attached hydrogens (tertiary/aromatic N) is 4. The molecule has 0 saturated carbocycles. The van der Waals surface area contributed by atoms with Crippen LogP contribution in [0.2, 0.25) is 0 Å². The first kappa shape index (κ1) is 19.0. The van der Waals surface area contributed by atoms with Gasteiger partial charge in [-0.3, -0.25) is 4.98 Å². The minimum atomic E-state index is 0.148. The molecule has 0 bridgehead atoms. The zero-order chi connectivity index (χ0) is 19.2. The average Bonchev–Trinajstić information content (AvgIpc) is 3.26. The number of hydrogen-bond donors (Lipinski definition) is 1. The van der Waals surface area contributed by atoms with Crippen LogP contribution in [0.5, 0.6) is 0 Å². The van der Waals surface area contributed by atoms with Gasteiger partial charge in [0, 0.05) is 43.8 Å². The van der Waals surface area contributed by atoms with Gasteiger partial charge in [0.1, 0.15) is 0 Å². The fourth-order valence-electron chi connectivity index (χ4n) is 3.38. The Kier molecular flexibility index (Phi) is 6.26. The van der Waals surface area contributed by atoms with Crippen molar-refractivity contribution in [2.24, 2.45) is 0 Å². The van der Waals surface area contributed by atoms with Gasteiger partial charge in [-0.2, -0.15) is 11.3 Å². The third kappa shape index (κ3) is 4.73. The van der Waals surface area contributed by atoms with Gasteiger partial charge in [-0.15, -0.1) is 0 Å². The van der Waals surface area contributed by atoms with Gasteiger partial charge >= 0.3 is 0 Å². The highest BCUT2D eigenvalue weighted by Gasteiger charge is 2.17. The Morgan fingerprint density at radius 3 is 2.68 bits per heavy atom. The molecule has 146 valence electrons. The van der Waals surface area contributed by atoms with E-state index in [2.05, 4.69) is 55.0 Å². The van der Waals surface area contributed by atoms with Gasteiger partial charge < -0.3 is 15.0 Å². The monoisotopic (exact) mass is 395 g/mol. The Bertz CT molecular complexity index is 863. The molecule has 1 atom stereocenters. The smallest absolute Gasteiger partial charge is 0.225 e. The number of anilines is 1. The van der Waals surface area contributed by atoms with Gasteiger partial charge in [0.2, 0.25) is 5.95 Å². The van der Waals surface area contributed by atoms with E-state index in [1.54, 1.807) is 11.3 Å². The van der Waals surface area contributed by atoms with E-state index in [-0.39, 0.29) is 6.04 Å². The van der Waals surface area contributed by atoms with Crippen LogP contribution in [0.1, 0.15) is 28.4 Å². The molecule has 0 radical (unpaired) electrons. The number of thiophene rings is 1. The number of aromatic nitrogens is 3. The third-order valence-corrected chi connectivity index (χ3v) is 5.67. The number of nitrogens with one attached hydrogen (secondary N) is 1. The standard InChI is InChI=1S/C21H25N5OS/c1-16-3-2-5-22-20(16)19(11-17-4-10-28-15-17)23-12-18-13-24-21(25-14-18)26-6-8-27-9-7-26/h2-5,10,13-15,19,23H,6-9,11-12H2,1H3/t19-/m1/s1. The van der Waals surface area contributed by atoms with Crippen LogP contribution in [-0.2, 0) is 17.7 Å². The molecule has 0 unspecified atom stereocenters. The van der Waals surface area contributed by atoms with Crippen LogP contribution >= 0.6 is 11.3 Å². The quantitative estimate of drug-likeness (QED) is 0.663. The van der Waals surface area contributed by atoms with Crippen LogP contribution in [0.15, 0.2) is 47.5 Å². The van der Waals surface area contributed by atoms with Gasteiger partial charge in [-0.25, -0.2) is 9.97 Å². The minimum absolute atomic E-state index is 0.148. The maximum Gasteiger partial charge on any atom is 0.225 e. The zero-order valence-electron chi connectivity index (χ0n) is 16.0. The summed E-state index contributed by atoms with van der Waals surface area (Å²) < 4.78 is 5.39. The number of morpholine rings is 1. The van der Waals surface area contributed by atoms with Crippen LogP contribution < -0.4 is 10.2 Å². The molecular formula is C21H25N5OS. The summed E-state index contributed by atoms with van der Waals surface area (Å²) in [5, 5.41) is 7.98. The molecule has 1 aliphatic heterocycles. The second kappa shape index (κ2) is 9.23. The average molecular weight is 396 g/mol. The largest absolute Gasteiger partial charge is 0.378 e. The molecule has 4 heterocycles. The Labute approximate surface area is 169 Å². The first-order chi connectivity index (χ1) is 13.8. The zero-order valence-corrected chi connectivity index (χ0v) is 16.9. The maximum absolute atomic E-state index is 5.39. The van der Waals surface area contributed by atoms with Gasteiger partial charge in [0.05, 0.1) is 24.9 Å². The molecule has 0 amide bonds. The highest BCUT2D eigenvalue weighted by atomic mass is 32.1. The van der Waals surface area contributed by atoms with Gasteiger partial charge in [0.25, 0.3) is 0 Å². The summed E-state index contributed by atoms with van der Waals surface area (Å²) in [7, 11) is 0. The molecule has 0 aliphatic carbocycles. The lowest BCUT2D eigenvalue weighted by Crippen LogP contribution is -2.37. The van der Waals surface area contributed by atoms with Crippen molar-refractivity contribution < 1.29 is 4.74 Å². The molecule has 1 aliphatic rings. The SMILES string of the molecule is Cc1cccnc1[C@@H](Cc1ccsc1)NCc1cnc(N2CCOCC2)nc1. The summed E-state index contributed by atoms with van der Waals surface area (Å²) in [4.78, 5) is 15.9. The van der Waals surface area contributed by atoms with E-state index >= 15 is 0 Å². The van der Waals surface area contributed by atoms with Crippen molar-refractivity contribution in [2.75, 3.05) is 31.2 Å². The number of aryl methyl sites for hydroxylation is 1. The molecule has 1 saturated heterocycles. The molecule has 4 rings (SSSR count).